The van der Waals surface area contributed by atoms with E-state index >= 15 is 0 Å². The SMILES string of the molecule is CCC(CC)C(CNC(=NC)NCC1CCCN(C)C1)N1CCOCC1. The first-order chi connectivity index (χ1) is 12.7. The van der Waals surface area contributed by atoms with Gasteiger partial charge in [-0.2, -0.15) is 0 Å². The fraction of sp³-hybridized carbons (Fsp3) is 0.950. The molecule has 2 fully saturated rings. The molecule has 2 aliphatic rings. The van der Waals surface area contributed by atoms with E-state index in [0.717, 1.165) is 51.3 Å². The minimum absolute atomic E-state index is 0.549. The molecule has 2 saturated heterocycles. The molecule has 0 aromatic rings. The number of guanidine groups is 1. The van der Waals surface area contributed by atoms with Crippen molar-refractivity contribution in [2.24, 2.45) is 16.8 Å². The summed E-state index contributed by atoms with van der Waals surface area (Å²) in [5.74, 6) is 2.38. The summed E-state index contributed by atoms with van der Waals surface area (Å²) in [6.07, 6.45) is 5.07. The number of hydrogen-bond donors (Lipinski definition) is 2. The Balaban J connectivity index is 1.84. The molecule has 0 aromatic heterocycles. The fourth-order valence-electron chi connectivity index (χ4n) is 4.44. The Morgan fingerprint density at radius 3 is 2.50 bits per heavy atom. The zero-order valence-electron chi connectivity index (χ0n) is 17.5. The zero-order valence-corrected chi connectivity index (χ0v) is 17.5. The van der Waals surface area contributed by atoms with Crippen LogP contribution >= 0.6 is 0 Å². The van der Waals surface area contributed by atoms with Crippen molar-refractivity contribution >= 4 is 5.96 Å². The van der Waals surface area contributed by atoms with E-state index in [9.17, 15) is 0 Å². The van der Waals surface area contributed by atoms with Crippen molar-refractivity contribution in [1.29, 1.82) is 0 Å². The molecule has 2 rings (SSSR count). The summed E-state index contributed by atoms with van der Waals surface area (Å²) in [6, 6.07) is 0.549. The van der Waals surface area contributed by atoms with Gasteiger partial charge in [0.05, 0.1) is 13.2 Å². The van der Waals surface area contributed by atoms with Crippen LogP contribution in [0.15, 0.2) is 4.99 Å². The second kappa shape index (κ2) is 11.8. The van der Waals surface area contributed by atoms with E-state index in [2.05, 4.69) is 46.3 Å². The van der Waals surface area contributed by atoms with E-state index < -0.39 is 0 Å². The van der Waals surface area contributed by atoms with Gasteiger partial charge in [-0.05, 0) is 38.3 Å². The van der Waals surface area contributed by atoms with Crippen LogP contribution in [0.1, 0.15) is 39.5 Å². The monoisotopic (exact) mass is 367 g/mol. The summed E-state index contributed by atoms with van der Waals surface area (Å²) in [6.45, 7) is 12.8. The Hall–Kier alpha value is -0.850. The molecule has 2 aliphatic heterocycles. The Bertz CT molecular complexity index is 407. The predicted molar refractivity (Wildman–Crippen MR) is 110 cm³/mol. The molecular weight excluding hydrogens is 326 g/mol. The highest BCUT2D eigenvalue weighted by atomic mass is 16.5. The van der Waals surface area contributed by atoms with Crippen LogP contribution in [0.2, 0.25) is 0 Å². The number of ether oxygens (including phenoxy) is 1. The second-order valence-corrected chi connectivity index (χ2v) is 7.90. The fourth-order valence-corrected chi connectivity index (χ4v) is 4.44. The lowest BCUT2D eigenvalue weighted by Crippen LogP contribution is -2.53. The van der Waals surface area contributed by atoms with Gasteiger partial charge in [0.15, 0.2) is 5.96 Å². The van der Waals surface area contributed by atoms with Gasteiger partial charge in [-0.3, -0.25) is 9.89 Å². The molecular formula is C20H41N5O. The molecule has 0 amide bonds. The third-order valence-corrected chi connectivity index (χ3v) is 6.09. The Kier molecular flexibility index (Phi) is 9.72. The van der Waals surface area contributed by atoms with Crippen LogP contribution in [0, 0.1) is 11.8 Å². The summed E-state index contributed by atoms with van der Waals surface area (Å²) in [5.41, 5.74) is 0. The third-order valence-electron chi connectivity index (χ3n) is 6.09. The van der Waals surface area contributed by atoms with Gasteiger partial charge in [0.1, 0.15) is 0 Å². The standard InChI is InChI=1S/C20H41N5O/c1-5-18(6-2)19(25-10-12-26-13-11-25)15-23-20(21-3)22-14-17-8-7-9-24(4)16-17/h17-19H,5-16H2,1-4H3,(H2,21,22,23). The van der Waals surface area contributed by atoms with Crippen molar-refractivity contribution in [1.82, 2.24) is 20.4 Å². The number of likely N-dealkylation sites (tertiary alicyclic amines) is 1. The number of piperidine rings is 1. The first-order valence-corrected chi connectivity index (χ1v) is 10.6. The first-order valence-electron chi connectivity index (χ1n) is 10.6. The van der Waals surface area contributed by atoms with Crippen molar-refractivity contribution < 1.29 is 4.74 Å². The summed E-state index contributed by atoms with van der Waals surface area (Å²) in [4.78, 5) is 9.50. The number of aliphatic imine (C=N–C) groups is 1. The predicted octanol–water partition coefficient (Wildman–Crippen LogP) is 1.63. The van der Waals surface area contributed by atoms with Gasteiger partial charge in [-0.25, -0.2) is 0 Å². The Morgan fingerprint density at radius 2 is 1.88 bits per heavy atom. The maximum absolute atomic E-state index is 5.56. The van der Waals surface area contributed by atoms with Crippen LogP contribution in [0.5, 0.6) is 0 Å². The zero-order chi connectivity index (χ0) is 18.8. The van der Waals surface area contributed by atoms with Crippen molar-refractivity contribution in [3.8, 4) is 0 Å². The first kappa shape index (κ1) is 21.5. The van der Waals surface area contributed by atoms with E-state index in [1.807, 2.05) is 7.05 Å². The highest BCUT2D eigenvalue weighted by Crippen LogP contribution is 2.19. The summed E-state index contributed by atoms with van der Waals surface area (Å²) in [5, 5.41) is 7.17. The largest absolute Gasteiger partial charge is 0.379 e. The second-order valence-electron chi connectivity index (χ2n) is 7.90. The number of morpholine rings is 1. The lowest BCUT2D eigenvalue weighted by atomic mass is 9.92. The average molecular weight is 368 g/mol. The maximum Gasteiger partial charge on any atom is 0.191 e. The molecule has 0 radical (unpaired) electrons. The van der Waals surface area contributed by atoms with E-state index in [4.69, 9.17) is 4.74 Å². The minimum atomic E-state index is 0.549. The summed E-state index contributed by atoms with van der Waals surface area (Å²) >= 11 is 0. The van der Waals surface area contributed by atoms with Crippen LogP contribution in [-0.4, -0.2) is 88.4 Å². The lowest BCUT2D eigenvalue weighted by Gasteiger charge is -2.39. The van der Waals surface area contributed by atoms with E-state index in [-0.39, 0.29) is 0 Å². The van der Waals surface area contributed by atoms with Gasteiger partial charge in [0, 0.05) is 45.8 Å². The van der Waals surface area contributed by atoms with Gasteiger partial charge >= 0.3 is 0 Å². The van der Waals surface area contributed by atoms with Crippen molar-refractivity contribution in [3.05, 3.63) is 0 Å². The number of hydrogen-bond acceptors (Lipinski definition) is 4. The van der Waals surface area contributed by atoms with Crippen molar-refractivity contribution in [2.75, 3.05) is 66.6 Å². The van der Waals surface area contributed by atoms with Gasteiger partial charge in [0.25, 0.3) is 0 Å². The van der Waals surface area contributed by atoms with Gasteiger partial charge < -0.3 is 20.3 Å². The third kappa shape index (κ3) is 6.71. The molecule has 0 spiro atoms. The summed E-state index contributed by atoms with van der Waals surface area (Å²) in [7, 11) is 4.10. The van der Waals surface area contributed by atoms with Crippen LogP contribution in [0.3, 0.4) is 0 Å². The van der Waals surface area contributed by atoms with Crippen molar-refractivity contribution in [2.45, 2.75) is 45.6 Å². The molecule has 0 aliphatic carbocycles. The van der Waals surface area contributed by atoms with Crippen LogP contribution in [0.25, 0.3) is 0 Å². The molecule has 0 saturated carbocycles. The molecule has 2 N–H and O–H groups in total. The quantitative estimate of drug-likeness (QED) is 0.504. The van der Waals surface area contributed by atoms with Crippen LogP contribution < -0.4 is 10.6 Å². The van der Waals surface area contributed by atoms with E-state index in [0.29, 0.717) is 12.0 Å². The Labute approximate surface area is 160 Å². The smallest absolute Gasteiger partial charge is 0.191 e. The van der Waals surface area contributed by atoms with Gasteiger partial charge in [-0.1, -0.05) is 26.7 Å². The van der Waals surface area contributed by atoms with Crippen molar-refractivity contribution in [3.63, 3.8) is 0 Å². The molecule has 6 heteroatoms. The van der Waals surface area contributed by atoms with Crippen LogP contribution in [0.4, 0.5) is 0 Å². The minimum Gasteiger partial charge on any atom is -0.379 e. The average Bonchev–Trinajstić information content (AvgIpc) is 2.68. The van der Waals surface area contributed by atoms with Gasteiger partial charge in [-0.15, -0.1) is 0 Å². The molecule has 152 valence electrons. The highest BCUT2D eigenvalue weighted by Gasteiger charge is 2.27. The van der Waals surface area contributed by atoms with E-state index in [1.165, 1.54) is 38.8 Å². The molecule has 0 bridgehead atoms. The topological polar surface area (TPSA) is 52.1 Å². The normalized spacial score (nSPS) is 24.7. The summed E-state index contributed by atoms with van der Waals surface area (Å²) < 4.78 is 5.56. The number of nitrogens with zero attached hydrogens (tertiary/aromatic N) is 3. The molecule has 26 heavy (non-hydrogen) atoms. The number of nitrogens with one attached hydrogen (secondary N) is 2. The van der Waals surface area contributed by atoms with Gasteiger partial charge in [0.2, 0.25) is 0 Å². The lowest BCUT2D eigenvalue weighted by molar-refractivity contribution is 0.00271. The Morgan fingerprint density at radius 1 is 1.15 bits per heavy atom. The molecule has 2 atom stereocenters. The van der Waals surface area contributed by atoms with E-state index in [1.54, 1.807) is 0 Å². The highest BCUT2D eigenvalue weighted by molar-refractivity contribution is 5.79. The maximum atomic E-state index is 5.56. The van der Waals surface area contributed by atoms with Crippen LogP contribution in [-0.2, 0) is 4.74 Å². The molecule has 6 nitrogen and oxygen atoms in total. The molecule has 2 heterocycles. The molecule has 2 unspecified atom stereocenters. The number of rotatable bonds is 8. The molecule has 0 aromatic carbocycles.